The third-order valence-corrected chi connectivity index (χ3v) is 1.37. The van der Waals surface area contributed by atoms with Crippen molar-refractivity contribution in [2.75, 3.05) is 0 Å². The molecule has 0 spiro atoms. The summed E-state index contributed by atoms with van der Waals surface area (Å²) in [4.78, 5) is 0. The molecule has 0 fully saturated rings. The highest BCUT2D eigenvalue weighted by Crippen LogP contribution is 1.85. The van der Waals surface area contributed by atoms with E-state index in [1.165, 1.54) is 0 Å². The molecule has 1 heterocycles. The lowest BCUT2D eigenvalue weighted by molar-refractivity contribution is -0.686. The van der Waals surface area contributed by atoms with Crippen LogP contribution < -0.4 is 4.57 Å². The van der Waals surface area contributed by atoms with Crippen LogP contribution in [-0.2, 0) is 6.54 Å². The minimum absolute atomic E-state index is 0.866. The summed E-state index contributed by atoms with van der Waals surface area (Å²) >= 11 is 0. The van der Waals surface area contributed by atoms with Crippen LogP contribution >= 0.6 is 0 Å². The smallest absolute Gasteiger partial charge is 0.233 e. The molecule has 0 aromatic carbocycles. The molecule has 0 unspecified atom stereocenters. The lowest BCUT2D eigenvalue weighted by Gasteiger charge is -1.84. The van der Waals surface area contributed by atoms with Gasteiger partial charge in [-0.1, -0.05) is 12.7 Å². The third-order valence-electron chi connectivity index (χ3n) is 1.37. The number of hydrogen-bond acceptors (Lipinski definition) is 0. The Kier molecular flexibility index (Phi) is 2.66. The van der Waals surface area contributed by atoms with Crippen molar-refractivity contribution in [3.05, 3.63) is 37.5 Å². The summed E-state index contributed by atoms with van der Waals surface area (Å²) in [5.74, 6) is 0. The second kappa shape index (κ2) is 3.76. The average Bonchev–Trinajstić information content (AvgIpc) is 2.38. The Morgan fingerprint density at radius 1 is 1.64 bits per heavy atom. The fourth-order valence-electron chi connectivity index (χ4n) is 0.928. The van der Waals surface area contributed by atoms with Gasteiger partial charge in [-0.2, -0.15) is 0 Å². The van der Waals surface area contributed by atoms with Crippen LogP contribution in [0.3, 0.4) is 0 Å². The topological polar surface area (TPSA) is 8.81 Å². The van der Waals surface area contributed by atoms with E-state index in [1.54, 1.807) is 0 Å². The van der Waals surface area contributed by atoms with Crippen LogP contribution in [0.1, 0.15) is 6.92 Å². The molecule has 0 saturated heterocycles. The van der Waals surface area contributed by atoms with Gasteiger partial charge in [0.25, 0.3) is 0 Å². The molecular formula is C9H13N2+. The number of hydrogen-bond donors (Lipinski definition) is 0. The first-order valence-electron chi connectivity index (χ1n) is 3.67. The minimum Gasteiger partial charge on any atom is -0.233 e. The number of rotatable bonds is 3. The van der Waals surface area contributed by atoms with E-state index in [4.69, 9.17) is 0 Å². The van der Waals surface area contributed by atoms with E-state index in [2.05, 4.69) is 11.1 Å². The summed E-state index contributed by atoms with van der Waals surface area (Å²) in [5, 5.41) is 0. The highest BCUT2D eigenvalue weighted by molar-refractivity contribution is 5.18. The Morgan fingerprint density at radius 3 is 3.09 bits per heavy atom. The zero-order valence-corrected chi connectivity index (χ0v) is 6.77. The summed E-state index contributed by atoms with van der Waals surface area (Å²) in [6.07, 6.45) is 11.9. The fraction of sp³-hybridized carbons (Fsp3) is 0.222. The molecule has 0 amide bonds. The molecule has 0 aliphatic rings. The second-order valence-electron chi connectivity index (χ2n) is 2.33. The van der Waals surface area contributed by atoms with Gasteiger partial charge in [0.15, 0.2) is 0 Å². The van der Waals surface area contributed by atoms with E-state index < -0.39 is 0 Å². The first-order valence-corrected chi connectivity index (χ1v) is 3.67. The predicted molar refractivity (Wildman–Crippen MR) is 45.8 cm³/mol. The van der Waals surface area contributed by atoms with Gasteiger partial charge >= 0.3 is 0 Å². The van der Waals surface area contributed by atoms with E-state index in [0.29, 0.717) is 0 Å². The summed E-state index contributed by atoms with van der Waals surface area (Å²) < 4.78 is 4.07. The summed E-state index contributed by atoms with van der Waals surface area (Å²) in [6, 6.07) is 0. The molecular weight excluding hydrogens is 136 g/mol. The molecule has 0 radical (unpaired) electrons. The maximum Gasteiger partial charge on any atom is 0.248 e. The van der Waals surface area contributed by atoms with E-state index in [9.17, 15) is 0 Å². The molecule has 1 aromatic rings. The number of nitrogens with zero attached hydrogens (tertiary/aromatic N) is 2. The van der Waals surface area contributed by atoms with Gasteiger partial charge in [-0.25, -0.2) is 9.13 Å². The van der Waals surface area contributed by atoms with Gasteiger partial charge in [0.2, 0.25) is 6.33 Å². The van der Waals surface area contributed by atoms with Gasteiger partial charge in [-0.05, 0) is 13.0 Å². The standard InChI is InChI=1S/C9H13N2/c1-3-5-10-7-8-11(9-10)6-4-2/h3-4,6-9H,1,5H2,2H3/q+1/b6-4-. The molecule has 1 aromatic heterocycles. The maximum absolute atomic E-state index is 3.66. The third kappa shape index (κ3) is 2.08. The molecule has 11 heavy (non-hydrogen) atoms. The molecule has 2 nitrogen and oxygen atoms in total. The number of imidazole rings is 1. The van der Waals surface area contributed by atoms with Crippen LogP contribution in [0.2, 0.25) is 0 Å². The van der Waals surface area contributed by atoms with Crippen molar-refractivity contribution in [2.24, 2.45) is 0 Å². The van der Waals surface area contributed by atoms with Crippen LogP contribution in [-0.4, -0.2) is 4.57 Å². The van der Waals surface area contributed by atoms with Crippen LogP contribution in [0.15, 0.2) is 37.5 Å². The Labute approximate surface area is 67.1 Å². The second-order valence-corrected chi connectivity index (χ2v) is 2.33. The van der Waals surface area contributed by atoms with Crippen molar-refractivity contribution in [3.63, 3.8) is 0 Å². The van der Waals surface area contributed by atoms with Gasteiger partial charge in [-0.15, -0.1) is 0 Å². The SMILES string of the molecule is C=CC[n+]1ccn(/C=C\C)c1. The maximum atomic E-state index is 3.66. The number of allylic oxidation sites excluding steroid dienone is 2. The lowest BCUT2D eigenvalue weighted by Crippen LogP contribution is -2.29. The van der Waals surface area contributed by atoms with Crippen molar-refractivity contribution < 1.29 is 4.57 Å². The van der Waals surface area contributed by atoms with E-state index in [1.807, 2.05) is 48.6 Å². The zero-order chi connectivity index (χ0) is 8.10. The summed E-state index contributed by atoms with van der Waals surface area (Å²) in [5.41, 5.74) is 0. The van der Waals surface area contributed by atoms with Gasteiger partial charge in [0.05, 0.1) is 6.20 Å². The minimum atomic E-state index is 0.866. The highest BCUT2D eigenvalue weighted by atomic mass is 15.1. The van der Waals surface area contributed by atoms with Crippen molar-refractivity contribution >= 4 is 6.20 Å². The van der Waals surface area contributed by atoms with Gasteiger partial charge in [0.1, 0.15) is 18.9 Å². The molecule has 0 N–H and O–H groups in total. The molecule has 2 heteroatoms. The first-order chi connectivity index (χ1) is 5.36. The predicted octanol–water partition coefficient (Wildman–Crippen LogP) is 1.45. The van der Waals surface area contributed by atoms with E-state index in [-0.39, 0.29) is 0 Å². The monoisotopic (exact) mass is 149 g/mol. The van der Waals surface area contributed by atoms with E-state index >= 15 is 0 Å². The van der Waals surface area contributed by atoms with Crippen LogP contribution in [0, 0.1) is 0 Å². The van der Waals surface area contributed by atoms with Crippen molar-refractivity contribution in [2.45, 2.75) is 13.5 Å². The van der Waals surface area contributed by atoms with Crippen LogP contribution in [0.5, 0.6) is 0 Å². The molecule has 0 atom stereocenters. The first kappa shape index (κ1) is 7.79. The van der Waals surface area contributed by atoms with Crippen LogP contribution in [0.4, 0.5) is 0 Å². The van der Waals surface area contributed by atoms with Gasteiger partial charge < -0.3 is 0 Å². The zero-order valence-electron chi connectivity index (χ0n) is 6.77. The molecule has 0 saturated carbocycles. The summed E-state index contributed by atoms with van der Waals surface area (Å²) in [6.45, 7) is 6.53. The van der Waals surface area contributed by atoms with Crippen molar-refractivity contribution in [1.82, 2.24) is 4.57 Å². The Balaban J connectivity index is 2.72. The van der Waals surface area contributed by atoms with Crippen molar-refractivity contribution in [3.8, 4) is 0 Å². The van der Waals surface area contributed by atoms with Gasteiger partial charge in [-0.3, -0.25) is 0 Å². The quantitative estimate of drug-likeness (QED) is 0.454. The fourth-order valence-corrected chi connectivity index (χ4v) is 0.928. The molecule has 0 aliphatic carbocycles. The lowest BCUT2D eigenvalue weighted by atomic mass is 10.6. The summed E-state index contributed by atoms with van der Waals surface area (Å²) in [7, 11) is 0. The Morgan fingerprint density at radius 2 is 2.45 bits per heavy atom. The largest absolute Gasteiger partial charge is 0.248 e. The molecule has 1 rings (SSSR count). The Bertz CT molecular complexity index is 258. The Hall–Kier alpha value is -1.31. The normalized spacial score (nSPS) is 10.6. The average molecular weight is 149 g/mol. The number of aromatic nitrogens is 2. The molecule has 0 aliphatic heterocycles. The van der Waals surface area contributed by atoms with Crippen molar-refractivity contribution in [1.29, 1.82) is 0 Å². The van der Waals surface area contributed by atoms with Gasteiger partial charge in [0, 0.05) is 0 Å². The highest BCUT2D eigenvalue weighted by Gasteiger charge is 1.96. The molecule has 58 valence electrons. The van der Waals surface area contributed by atoms with Crippen LogP contribution in [0.25, 0.3) is 6.20 Å². The molecule has 0 bridgehead atoms. The van der Waals surface area contributed by atoms with E-state index in [0.717, 1.165) is 6.54 Å².